The molecule has 1 unspecified atom stereocenters. The van der Waals surface area contributed by atoms with Crippen molar-refractivity contribution in [1.82, 2.24) is 4.98 Å². The van der Waals surface area contributed by atoms with E-state index < -0.39 is 5.97 Å². The molecule has 98 valence electrons. The van der Waals surface area contributed by atoms with E-state index in [9.17, 15) is 4.79 Å². The number of H-pyrrole nitrogens is 1. The van der Waals surface area contributed by atoms with Gasteiger partial charge in [0.25, 0.3) is 0 Å². The number of carboxylic acid groups (broad SMARTS) is 1. The van der Waals surface area contributed by atoms with Gasteiger partial charge in [0.05, 0.1) is 17.7 Å². The standard InChI is InChI=1S/C12H14N2O3.ClH/c13-8(6-15)4-7-5-14-11-9(7)2-1-3-10(11)12(16)17;/h1-3,5,8,14-15H,4,6,13H2,(H,16,17);1H. The summed E-state index contributed by atoms with van der Waals surface area (Å²) in [6.07, 6.45) is 2.26. The number of aliphatic hydroxyl groups is 1. The number of fused-ring (bicyclic) bond motifs is 1. The molecule has 2 rings (SSSR count). The van der Waals surface area contributed by atoms with Gasteiger partial charge < -0.3 is 20.9 Å². The molecule has 1 atom stereocenters. The van der Waals surface area contributed by atoms with Gasteiger partial charge in [-0.25, -0.2) is 4.79 Å². The van der Waals surface area contributed by atoms with Crippen LogP contribution in [0.15, 0.2) is 24.4 Å². The Morgan fingerprint density at radius 3 is 2.78 bits per heavy atom. The number of hydrogen-bond donors (Lipinski definition) is 4. The van der Waals surface area contributed by atoms with Crippen LogP contribution in [-0.2, 0) is 6.42 Å². The normalized spacial score (nSPS) is 12.1. The monoisotopic (exact) mass is 270 g/mol. The number of aromatic amines is 1. The number of rotatable bonds is 4. The third-order valence-corrected chi connectivity index (χ3v) is 2.75. The van der Waals surface area contributed by atoms with Crippen LogP contribution < -0.4 is 5.73 Å². The number of hydrogen-bond acceptors (Lipinski definition) is 3. The fourth-order valence-electron chi connectivity index (χ4n) is 1.91. The average molecular weight is 271 g/mol. The van der Waals surface area contributed by atoms with Crippen LogP contribution in [0.3, 0.4) is 0 Å². The molecule has 0 radical (unpaired) electrons. The molecule has 5 N–H and O–H groups in total. The quantitative estimate of drug-likeness (QED) is 0.670. The molecule has 1 aromatic carbocycles. The predicted octanol–water partition coefficient (Wildman–Crippen LogP) is 1.15. The van der Waals surface area contributed by atoms with E-state index in [2.05, 4.69) is 4.98 Å². The molecule has 2 aromatic rings. The summed E-state index contributed by atoms with van der Waals surface area (Å²) < 4.78 is 0. The van der Waals surface area contributed by atoms with Crippen molar-refractivity contribution >= 4 is 29.3 Å². The molecule has 0 fully saturated rings. The number of benzene rings is 1. The molecule has 18 heavy (non-hydrogen) atoms. The molecule has 0 aliphatic rings. The second-order valence-electron chi connectivity index (χ2n) is 3.99. The van der Waals surface area contributed by atoms with Gasteiger partial charge in [0.2, 0.25) is 0 Å². The topological polar surface area (TPSA) is 99.3 Å². The number of carboxylic acids is 1. The molecule has 0 saturated heterocycles. The van der Waals surface area contributed by atoms with Crippen LogP contribution in [0.2, 0.25) is 0 Å². The van der Waals surface area contributed by atoms with E-state index in [0.717, 1.165) is 10.9 Å². The van der Waals surface area contributed by atoms with E-state index in [1.807, 2.05) is 6.07 Å². The Morgan fingerprint density at radius 2 is 2.17 bits per heavy atom. The van der Waals surface area contributed by atoms with Crippen LogP contribution >= 0.6 is 12.4 Å². The van der Waals surface area contributed by atoms with Gasteiger partial charge in [0, 0.05) is 17.6 Å². The smallest absolute Gasteiger partial charge is 0.337 e. The maximum Gasteiger partial charge on any atom is 0.337 e. The summed E-state index contributed by atoms with van der Waals surface area (Å²) in [6, 6.07) is 4.77. The molecule has 0 aliphatic heterocycles. The van der Waals surface area contributed by atoms with Gasteiger partial charge in [0.15, 0.2) is 0 Å². The van der Waals surface area contributed by atoms with Crippen LogP contribution in [-0.4, -0.2) is 33.8 Å². The van der Waals surface area contributed by atoms with E-state index in [-0.39, 0.29) is 30.6 Å². The van der Waals surface area contributed by atoms with E-state index in [1.165, 1.54) is 0 Å². The van der Waals surface area contributed by atoms with E-state index in [1.54, 1.807) is 18.3 Å². The fraction of sp³-hybridized carbons (Fsp3) is 0.250. The number of aromatic nitrogens is 1. The first-order valence-electron chi connectivity index (χ1n) is 5.32. The minimum atomic E-state index is -0.963. The van der Waals surface area contributed by atoms with Crippen molar-refractivity contribution in [3.8, 4) is 0 Å². The van der Waals surface area contributed by atoms with Gasteiger partial charge in [0.1, 0.15) is 0 Å². The first-order chi connectivity index (χ1) is 8.13. The van der Waals surface area contributed by atoms with Crippen molar-refractivity contribution in [3.63, 3.8) is 0 Å². The summed E-state index contributed by atoms with van der Waals surface area (Å²) in [7, 11) is 0. The number of aliphatic hydroxyl groups excluding tert-OH is 1. The molecule has 1 aromatic heterocycles. The van der Waals surface area contributed by atoms with Crippen LogP contribution in [0.5, 0.6) is 0 Å². The van der Waals surface area contributed by atoms with Crippen molar-refractivity contribution in [2.24, 2.45) is 5.73 Å². The van der Waals surface area contributed by atoms with Crippen LogP contribution in [0, 0.1) is 0 Å². The zero-order valence-corrected chi connectivity index (χ0v) is 10.4. The summed E-state index contributed by atoms with van der Waals surface area (Å²) in [6.45, 7) is -0.0920. The van der Waals surface area contributed by atoms with E-state index >= 15 is 0 Å². The Kier molecular flexibility index (Phi) is 4.72. The van der Waals surface area contributed by atoms with Crippen molar-refractivity contribution in [1.29, 1.82) is 0 Å². The van der Waals surface area contributed by atoms with Crippen molar-refractivity contribution < 1.29 is 15.0 Å². The van der Waals surface area contributed by atoms with Crippen molar-refractivity contribution in [2.75, 3.05) is 6.61 Å². The van der Waals surface area contributed by atoms with E-state index in [0.29, 0.717) is 11.9 Å². The van der Waals surface area contributed by atoms with Gasteiger partial charge in [-0.1, -0.05) is 12.1 Å². The molecule has 0 spiro atoms. The third kappa shape index (κ3) is 2.64. The van der Waals surface area contributed by atoms with Gasteiger partial charge in [-0.15, -0.1) is 12.4 Å². The lowest BCUT2D eigenvalue weighted by molar-refractivity contribution is 0.0699. The Labute approximate surface area is 110 Å². The Bertz CT molecular complexity index is 553. The highest BCUT2D eigenvalue weighted by atomic mass is 35.5. The molecule has 1 heterocycles. The lowest BCUT2D eigenvalue weighted by Crippen LogP contribution is -2.26. The lowest BCUT2D eigenvalue weighted by atomic mass is 10.0. The summed E-state index contributed by atoms with van der Waals surface area (Å²) >= 11 is 0. The summed E-state index contributed by atoms with van der Waals surface area (Å²) in [4.78, 5) is 14.0. The zero-order chi connectivity index (χ0) is 12.4. The second-order valence-corrected chi connectivity index (χ2v) is 3.99. The first-order valence-corrected chi connectivity index (χ1v) is 5.32. The molecular formula is C12H15ClN2O3. The highest BCUT2D eigenvalue weighted by molar-refractivity contribution is 6.02. The minimum Gasteiger partial charge on any atom is -0.478 e. The number of nitrogens with one attached hydrogen (secondary N) is 1. The van der Waals surface area contributed by atoms with Crippen molar-refractivity contribution in [2.45, 2.75) is 12.5 Å². The third-order valence-electron chi connectivity index (χ3n) is 2.75. The fourth-order valence-corrected chi connectivity index (χ4v) is 1.91. The lowest BCUT2D eigenvalue weighted by Gasteiger charge is -2.06. The van der Waals surface area contributed by atoms with Crippen LogP contribution in [0.25, 0.3) is 10.9 Å². The van der Waals surface area contributed by atoms with Gasteiger partial charge >= 0.3 is 5.97 Å². The Balaban J connectivity index is 0.00000162. The van der Waals surface area contributed by atoms with Gasteiger partial charge in [-0.2, -0.15) is 0 Å². The second kappa shape index (κ2) is 5.86. The number of carbonyl (C=O) groups is 1. The Hall–Kier alpha value is -1.56. The highest BCUT2D eigenvalue weighted by Gasteiger charge is 2.13. The van der Waals surface area contributed by atoms with Crippen molar-refractivity contribution in [3.05, 3.63) is 35.5 Å². The SMILES string of the molecule is Cl.NC(CO)Cc1c[nH]c2c(C(=O)O)cccc12. The summed E-state index contributed by atoms with van der Waals surface area (Å²) in [5.41, 5.74) is 7.43. The molecular weight excluding hydrogens is 256 g/mol. The Morgan fingerprint density at radius 1 is 1.44 bits per heavy atom. The van der Waals surface area contributed by atoms with E-state index in [4.69, 9.17) is 15.9 Å². The molecule has 6 heteroatoms. The summed E-state index contributed by atoms with van der Waals surface area (Å²) in [5, 5.41) is 18.8. The molecule has 0 aliphatic carbocycles. The maximum absolute atomic E-state index is 11.0. The van der Waals surface area contributed by atoms with Crippen LogP contribution in [0.1, 0.15) is 15.9 Å². The number of aromatic carboxylic acids is 1. The zero-order valence-electron chi connectivity index (χ0n) is 9.59. The minimum absolute atomic E-state index is 0. The summed E-state index contributed by atoms with van der Waals surface area (Å²) in [5.74, 6) is -0.963. The number of halogens is 1. The molecule has 5 nitrogen and oxygen atoms in total. The maximum atomic E-state index is 11.0. The molecule has 0 amide bonds. The van der Waals surface area contributed by atoms with Crippen LogP contribution in [0.4, 0.5) is 0 Å². The average Bonchev–Trinajstić information content (AvgIpc) is 2.72. The molecule has 0 saturated carbocycles. The van der Waals surface area contributed by atoms with Gasteiger partial charge in [-0.3, -0.25) is 0 Å². The first kappa shape index (κ1) is 14.5. The number of para-hydroxylation sites is 1. The highest BCUT2D eigenvalue weighted by Crippen LogP contribution is 2.22. The molecule has 0 bridgehead atoms. The number of nitrogens with two attached hydrogens (primary N) is 1. The predicted molar refractivity (Wildman–Crippen MR) is 71.3 cm³/mol. The largest absolute Gasteiger partial charge is 0.478 e. The van der Waals surface area contributed by atoms with Gasteiger partial charge in [-0.05, 0) is 18.1 Å².